The van der Waals surface area contributed by atoms with E-state index in [1.807, 2.05) is 0 Å². The van der Waals surface area contributed by atoms with E-state index in [1.54, 1.807) is 0 Å². The van der Waals surface area contributed by atoms with Crippen molar-refractivity contribution in [2.24, 2.45) is 0 Å². The predicted octanol–water partition coefficient (Wildman–Crippen LogP) is 3.66. The average molecular weight is 281 g/mol. The van der Waals surface area contributed by atoms with Gasteiger partial charge in [-0.3, -0.25) is 0 Å². The second-order valence-corrected chi connectivity index (χ2v) is 5.76. The fraction of sp³-hybridized carbons (Fsp3) is 0.444. The van der Waals surface area contributed by atoms with Gasteiger partial charge in [0.05, 0.1) is 0 Å². The van der Waals surface area contributed by atoms with Crippen LogP contribution in [0.3, 0.4) is 0 Å². The third-order valence-electron chi connectivity index (χ3n) is 4.36. The van der Waals surface area contributed by atoms with Gasteiger partial charge in [-0.25, -0.2) is 9.97 Å². The lowest BCUT2D eigenvalue weighted by Gasteiger charge is -2.15. The van der Waals surface area contributed by atoms with E-state index in [0.29, 0.717) is 5.92 Å². The molecular weight excluding hydrogens is 258 g/mol. The third kappa shape index (κ3) is 2.65. The molecule has 1 N–H and O–H groups in total. The fourth-order valence-electron chi connectivity index (χ4n) is 3.19. The Morgan fingerprint density at radius 1 is 1.10 bits per heavy atom. The number of fused-ring (bicyclic) bond motifs is 1. The summed E-state index contributed by atoms with van der Waals surface area (Å²) in [6.45, 7) is 7.28. The van der Waals surface area contributed by atoms with Gasteiger partial charge < -0.3 is 5.32 Å². The standard InChI is InChI=1S/C18H23N3/c1-4-16-12(3)17(19-5-2)21-18(20-16)15-10-13-8-6-7-9-14(13)11-15/h6-9,15H,4-5,10-11H2,1-3H3,(H,19,20,21). The van der Waals surface area contributed by atoms with Crippen LogP contribution in [-0.2, 0) is 19.3 Å². The molecule has 0 unspecified atom stereocenters. The van der Waals surface area contributed by atoms with Gasteiger partial charge in [0.1, 0.15) is 11.6 Å². The number of nitrogens with zero attached hydrogens (tertiary/aromatic N) is 2. The van der Waals surface area contributed by atoms with Crippen LogP contribution in [0, 0.1) is 6.92 Å². The minimum Gasteiger partial charge on any atom is -0.370 e. The molecule has 3 nitrogen and oxygen atoms in total. The highest BCUT2D eigenvalue weighted by molar-refractivity contribution is 5.47. The van der Waals surface area contributed by atoms with E-state index in [9.17, 15) is 0 Å². The molecule has 1 aliphatic carbocycles. The molecule has 2 aromatic rings. The van der Waals surface area contributed by atoms with Crippen LogP contribution in [0.2, 0.25) is 0 Å². The van der Waals surface area contributed by atoms with Crippen molar-refractivity contribution in [2.75, 3.05) is 11.9 Å². The van der Waals surface area contributed by atoms with Crippen LogP contribution in [-0.4, -0.2) is 16.5 Å². The molecule has 3 heteroatoms. The lowest BCUT2D eigenvalue weighted by molar-refractivity contribution is 0.673. The minimum absolute atomic E-state index is 0.422. The van der Waals surface area contributed by atoms with Crippen LogP contribution in [0.25, 0.3) is 0 Å². The highest BCUT2D eigenvalue weighted by Gasteiger charge is 2.25. The number of anilines is 1. The Bertz CT molecular complexity index is 624. The maximum atomic E-state index is 4.85. The van der Waals surface area contributed by atoms with Crippen molar-refractivity contribution in [3.8, 4) is 0 Å². The molecular formula is C18H23N3. The van der Waals surface area contributed by atoms with E-state index in [2.05, 4.69) is 50.4 Å². The van der Waals surface area contributed by atoms with Crippen LogP contribution < -0.4 is 5.32 Å². The van der Waals surface area contributed by atoms with Crippen molar-refractivity contribution in [1.82, 2.24) is 9.97 Å². The number of nitrogens with one attached hydrogen (secondary N) is 1. The van der Waals surface area contributed by atoms with Crippen molar-refractivity contribution < 1.29 is 0 Å². The van der Waals surface area contributed by atoms with E-state index in [4.69, 9.17) is 9.97 Å². The molecule has 0 saturated heterocycles. The van der Waals surface area contributed by atoms with Gasteiger partial charge in [-0.2, -0.15) is 0 Å². The van der Waals surface area contributed by atoms with Crippen molar-refractivity contribution >= 4 is 5.82 Å². The SMILES string of the molecule is CCNc1nc(C2Cc3ccccc3C2)nc(CC)c1C. The number of benzene rings is 1. The largest absolute Gasteiger partial charge is 0.370 e. The van der Waals surface area contributed by atoms with Gasteiger partial charge in [0.15, 0.2) is 0 Å². The molecule has 1 heterocycles. The molecule has 1 aromatic carbocycles. The molecule has 0 saturated carbocycles. The first kappa shape index (κ1) is 14.1. The number of rotatable bonds is 4. The Hall–Kier alpha value is -1.90. The molecule has 0 amide bonds. The van der Waals surface area contributed by atoms with E-state index < -0.39 is 0 Å². The smallest absolute Gasteiger partial charge is 0.134 e. The Balaban J connectivity index is 1.95. The van der Waals surface area contributed by atoms with Crippen molar-refractivity contribution in [3.63, 3.8) is 0 Å². The molecule has 3 rings (SSSR count). The predicted molar refractivity (Wildman–Crippen MR) is 86.9 cm³/mol. The first-order valence-corrected chi connectivity index (χ1v) is 7.91. The second kappa shape index (κ2) is 5.84. The van der Waals surface area contributed by atoms with E-state index in [0.717, 1.165) is 37.4 Å². The fourth-order valence-corrected chi connectivity index (χ4v) is 3.19. The normalized spacial score (nSPS) is 14.2. The van der Waals surface area contributed by atoms with Crippen LogP contribution in [0.4, 0.5) is 5.82 Å². The quantitative estimate of drug-likeness (QED) is 0.929. The molecule has 1 aliphatic rings. The first-order valence-electron chi connectivity index (χ1n) is 7.91. The Morgan fingerprint density at radius 2 is 1.76 bits per heavy atom. The van der Waals surface area contributed by atoms with Gasteiger partial charge in [0, 0.05) is 23.7 Å². The number of hydrogen-bond donors (Lipinski definition) is 1. The monoisotopic (exact) mass is 281 g/mol. The van der Waals surface area contributed by atoms with Gasteiger partial charge in [0.2, 0.25) is 0 Å². The summed E-state index contributed by atoms with van der Waals surface area (Å²) in [5.41, 5.74) is 5.27. The van der Waals surface area contributed by atoms with Crippen molar-refractivity contribution in [1.29, 1.82) is 0 Å². The summed E-state index contributed by atoms with van der Waals surface area (Å²) >= 11 is 0. The second-order valence-electron chi connectivity index (χ2n) is 5.76. The van der Waals surface area contributed by atoms with Gasteiger partial charge >= 0.3 is 0 Å². The summed E-state index contributed by atoms with van der Waals surface area (Å²) < 4.78 is 0. The van der Waals surface area contributed by atoms with Crippen LogP contribution >= 0.6 is 0 Å². The molecule has 0 fully saturated rings. The van der Waals surface area contributed by atoms with E-state index in [1.165, 1.54) is 22.4 Å². The molecule has 0 bridgehead atoms. The van der Waals surface area contributed by atoms with E-state index in [-0.39, 0.29) is 0 Å². The van der Waals surface area contributed by atoms with Crippen molar-refractivity contribution in [2.45, 2.75) is 46.0 Å². The lowest BCUT2D eigenvalue weighted by atomic mass is 10.0. The lowest BCUT2D eigenvalue weighted by Crippen LogP contribution is -2.12. The third-order valence-corrected chi connectivity index (χ3v) is 4.36. The summed E-state index contributed by atoms with van der Waals surface area (Å²) in [5.74, 6) is 2.44. The van der Waals surface area contributed by atoms with Gasteiger partial charge in [-0.15, -0.1) is 0 Å². The molecule has 21 heavy (non-hydrogen) atoms. The van der Waals surface area contributed by atoms with Gasteiger partial charge in [0.25, 0.3) is 0 Å². The van der Waals surface area contributed by atoms with Crippen LogP contribution in [0.15, 0.2) is 24.3 Å². The van der Waals surface area contributed by atoms with Crippen LogP contribution in [0.5, 0.6) is 0 Å². The number of hydrogen-bond acceptors (Lipinski definition) is 3. The zero-order chi connectivity index (χ0) is 14.8. The zero-order valence-corrected chi connectivity index (χ0v) is 13.1. The molecule has 110 valence electrons. The van der Waals surface area contributed by atoms with Crippen molar-refractivity contribution in [3.05, 3.63) is 52.5 Å². The van der Waals surface area contributed by atoms with Gasteiger partial charge in [-0.1, -0.05) is 31.2 Å². The topological polar surface area (TPSA) is 37.8 Å². The minimum atomic E-state index is 0.422. The Morgan fingerprint density at radius 3 is 2.33 bits per heavy atom. The summed E-state index contributed by atoms with van der Waals surface area (Å²) in [4.78, 5) is 9.66. The molecule has 0 spiro atoms. The first-order chi connectivity index (χ1) is 10.2. The van der Waals surface area contributed by atoms with Gasteiger partial charge in [-0.05, 0) is 44.2 Å². The molecule has 1 aromatic heterocycles. The Kier molecular flexibility index (Phi) is 3.91. The highest BCUT2D eigenvalue weighted by Crippen LogP contribution is 2.33. The summed E-state index contributed by atoms with van der Waals surface area (Å²) in [5, 5.41) is 3.38. The maximum absolute atomic E-state index is 4.85. The zero-order valence-electron chi connectivity index (χ0n) is 13.1. The van der Waals surface area contributed by atoms with Crippen LogP contribution in [0.1, 0.15) is 48.0 Å². The molecule has 0 radical (unpaired) electrons. The number of aromatic nitrogens is 2. The summed E-state index contributed by atoms with van der Waals surface area (Å²) in [6, 6.07) is 8.71. The molecule has 0 atom stereocenters. The Labute approximate surface area is 126 Å². The average Bonchev–Trinajstić information content (AvgIpc) is 2.93. The molecule has 0 aliphatic heterocycles. The van der Waals surface area contributed by atoms with E-state index >= 15 is 0 Å². The number of aryl methyl sites for hydroxylation is 1. The maximum Gasteiger partial charge on any atom is 0.134 e. The highest BCUT2D eigenvalue weighted by atomic mass is 15.0. The summed E-state index contributed by atoms with van der Waals surface area (Å²) in [6.07, 6.45) is 3.08. The summed E-state index contributed by atoms with van der Waals surface area (Å²) in [7, 11) is 0.